The number of carbonyl (C=O) groups excluding carboxylic acids is 1. The van der Waals surface area contributed by atoms with E-state index in [4.69, 9.17) is 17.0 Å². The molecule has 9 heteroatoms. The number of nitrogens with zero attached hydrogens (tertiary/aromatic N) is 2. The van der Waals surface area contributed by atoms with Crippen molar-refractivity contribution in [3.63, 3.8) is 0 Å². The van der Waals surface area contributed by atoms with Crippen LogP contribution in [0.5, 0.6) is 5.75 Å². The van der Waals surface area contributed by atoms with Crippen LogP contribution in [0.3, 0.4) is 0 Å². The van der Waals surface area contributed by atoms with E-state index in [0.29, 0.717) is 25.5 Å². The summed E-state index contributed by atoms with van der Waals surface area (Å²) >= 11 is 7.48. The predicted octanol–water partition coefficient (Wildman–Crippen LogP) is 4.07. The van der Waals surface area contributed by atoms with Crippen molar-refractivity contribution in [1.29, 1.82) is 0 Å². The minimum atomic E-state index is -0.454. The first-order chi connectivity index (χ1) is 11.5. The van der Waals surface area contributed by atoms with E-state index in [9.17, 15) is 14.9 Å². The summed E-state index contributed by atoms with van der Waals surface area (Å²) in [6.07, 6.45) is 1.63. The van der Waals surface area contributed by atoms with Crippen LogP contribution in [0.2, 0.25) is 0 Å². The van der Waals surface area contributed by atoms with Crippen LogP contribution in [-0.2, 0) is 4.79 Å². The zero-order valence-corrected chi connectivity index (χ0v) is 14.7. The largest absolute Gasteiger partial charge is 0.497 e. The Morgan fingerprint density at radius 1 is 1.25 bits per heavy atom. The third-order valence-corrected chi connectivity index (χ3v) is 5.48. The summed E-state index contributed by atoms with van der Waals surface area (Å²) in [4.78, 5) is 25.4. The summed E-state index contributed by atoms with van der Waals surface area (Å²) in [5.74, 6) is 0.442. The van der Waals surface area contributed by atoms with Crippen molar-refractivity contribution in [3.05, 3.63) is 56.3 Å². The van der Waals surface area contributed by atoms with Crippen LogP contribution < -0.4 is 9.64 Å². The maximum Gasteiger partial charge on any atom is 0.324 e. The molecule has 1 aliphatic rings. The molecule has 1 fully saturated rings. The number of thiocarbonyl (C=S) groups is 1. The number of nitro groups is 1. The second-order valence-corrected chi connectivity index (χ2v) is 7.42. The molecule has 2 heterocycles. The lowest BCUT2D eigenvalue weighted by molar-refractivity contribution is -0.380. The van der Waals surface area contributed by atoms with E-state index in [2.05, 4.69) is 0 Å². The molecule has 0 bridgehead atoms. The Morgan fingerprint density at radius 2 is 1.96 bits per heavy atom. The van der Waals surface area contributed by atoms with Crippen LogP contribution in [0, 0.1) is 10.1 Å². The third-order valence-electron chi connectivity index (χ3n) is 3.19. The maximum atomic E-state index is 12.6. The van der Waals surface area contributed by atoms with E-state index in [1.54, 1.807) is 43.5 Å². The summed E-state index contributed by atoms with van der Waals surface area (Å²) in [6.45, 7) is 0. The molecule has 6 nitrogen and oxygen atoms in total. The molecule has 1 aromatic carbocycles. The van der Waals surface area contributed by atoms with Crippen molar-refractivity contribution in [2.24, 2.45) is 0 Å². The zero-order valence-electron chi connectivity index (χ0n) is 12.3. The number of thioether (sulfide) groups is 1. The van der Waals surface area contributed by atoms with Crippen LogP contribution >= 0.6 is 35.3 Å². The maximum absolute atomic E-state index is 12.6. The fourth-order valence-corrected chi connectivity index (χ4v) is 4.20. The molecular formula is C15H10N2O4S3. The van der Waals surface area contributed by atoms with E-state index in [0.717, 1.165) is 11.3 Å². The molecule has 0 atom stereocenters. The molecule has 1 aromatic heterocycles. The number of hydrogen-bond acceptors (Lipinski definition) is 7. The van der Waals surface area contributed by atoms with Gasteiger partial charge in [-0.1, -0.05) is 35.3 Å². The highest BCUT2D eigenvalue weighted by Gasteiger charge is 2.33. The van der Waals surface area contributed by atoms with Gasteiger partial charge in [0.25, 0.3) is 5.91 Å². The first kappa shape index (κ1) is 16.6. The van der Waals surface area contributed by atoms with Gasteiger partial charge in [0.2, 0.25) is 0 Å². The van der Waals surface area contributed by atoms with Crippen molar-refractivity contribution in [2.45, 2.75) is 0 Å². The van der Waals surface area contributed by atoms with Gasteiger partial charge in [-0.3, -0.25) is 19.8 Å². The highest BCUT2D eigenvalue weighted by Crippen LogP contribution is 2.37. The van der Waals surface area contributed by atoms with Crippen molar-refractivity contribution in [2.75, 3.05) is 12.0 Å². The summed E-state index contributed by atoms with van der Waals surface area (Å²) < 4.78 is 5.52. The molecule has 0 aliphatic carbocycles. The summed E-state index contributed by atoms with van der Waals surface area (Å²) in [5.41, 5.74) is 0.652. The average molecular weight is 378 g/mol. The van der Waals surface area contributed by atoms with Crippen LogP contribution in [0.15, 0.2) is 41.3 Å². The minimum Gasteiger partial charge on any atom is -0.497 e. The molecule has 0 saturated carbocycles. The van der Waals surface area contributed by atoms with E-state index in [1.165, 1.54) is 22.7 Å². The van der Waals surface area contributed by atoms with Crippen LogP contribution in [0.1, 0.15) is 4.88 Å². The first-order valence-corrected chi connectivity index (χ1v) is 8.70. The number of methoxy groups -OCH3 is 1. The monoisotopic (exact) mass is 378 g/mol. The average Bonchev–Trinajstić information content (AvgIpc) is 3.13. The Morgan fingerprint density at radius 3 is 2.54 bits per heavy atom. The number of amides is 1. The van der Waals surface area contributed by atoms with Gasteiger partial charge in [0, 0.05) is 10.9 Å². The normalized spacial score (nSPS) is 16.0. The van der Waals surface area contributed by atoms with E-state index < -0.39 is 4.92 Å². The second-order valence-electron chi connectivity index (χ2n) is 4.65. The molecule has 3 rings (SSSR count). The molecule has 0 spiro atoms. The smallest absolute Gasteiger partial charge is 0.324 e. The van der Waals surface area contributed by atoms with Crippen LogP contribution in [-0.4, -0.2) is 22.3 Å². The lowest BCUT2D eigenvalue weighted by Crippen LogP contribution is -2.27. The fraction of sp³-hybridized carbons (Fsp3) is 0.0667. The molecule has 0 radical (unpaired) electrons. The molecule has 0 unspecified atom stereocenters. The summed E-state index contributed by atoms with van der Waals surface area (Å²) in [6, 6.07) is 10.0. The SMILES string of the molecule is COc1ccc(N2C(=O)/C(=C\c3ccc([N+](=O)[O-])s3)SC2=S)cc1. The Balaban J connectivity index is 1.87. The highest BCUT2D eigenvalue weighted by molar-refractivity contribution is 8.27. The van der Waals surface area contributed by atoms with Crippen molar-refractivity contribution < 1.29 is 14.5 Å². The molecular weight excluding hydrogens is 368 g/mol. The number of ether oxygens (including phenoxy) is 1. The van der Waals surface area contributed by atoms with Gasteiger partial charge in [0.05, 0.1) is 22.6 Å². The van der Waals surface area contributed by atoms with Crippen molar-refractivity contribution >= 4 is 62.3 Å². The Bertz CT molecular complexity index is 858. The summed E-state index contributed by atoms with van der Waals surface area (Å²) in [5, 5.41) is 10.8. The van der Waals surface area contributed by atoms with E-state index >= 15 is 0 Å². The summed E-state index contributed by atoms with van der Waals surface area (Å²) in [7, 11) is 1.57. The molecule has 1 amide bonds. The minimum absolute atomic E-state index is 0.0342. The third kappa shape index (κ3) is 3.18. The number of hydrogen-bond donors (Lipinski definition) is 0. The van der Waals surface area contributed by atoms with Crippen molar-refractivity contribution in [1.82, 2.24) is 0 Å². The second kappa shape index (κ2) is 6.71. The first-order valence-electron chi connectivity index (χ1n) is 6.66. The van der Waals surface area contributed by atoms with Gasteiger partial charge in [-0.05, 0) is 36.4 Å². The number of thiophene rings is 1. The van der Waals surface area contributed by atoms with Gasteiger partial charge in [-0.2, -0.15) is 0 Å². The fourth-order valence-electron chi connectivity index (χ4n) is 2.07. The number of benzene rings is 1. The van der Waals surface area contributed by atoms with Gasteiger partial charge < -0.3 is 4.74 Å². The molecule has 122 valence electrons. The van der Waals surface area contributed by atoms with Gasteiger partial charge in [-0.15, -0.1) is 0 Å². The van der Waals surface area contributed by atoms with Crippen LogP contribution in [0.4, 0.5) is 10.7 Å². The standard InChI is InChI=1S/C15H10N2O4S3/c1-21-10-4-2-9(3-5-10)16-14(18)12(24-15(16)22)8-11-6-7-13(23-11)17(19)20/h2-8H,1H3/b12-8+. The van der Waals surface area contributed by atoms with E-state index in [1.807, 2.05) is 0 Å². The molecule has 1 aliphatic heterocycles. The lowest BCUT2D eigenvalue weighted by atomic mass is 10.2. The Hall–Kier alpha value is -2.23. The molecule has 1 saturated heterocycles. The van der Waals surface area contributed by atoms with Crippen molar-refractivity contribution in [3.8, 4) is 5.75 Å². The zero-order chi connectivity index (χ0) is 17.3. The molecule has 0 N–H and O–H groups in total. The number of anilines is 1. The topological polar surface area (TPSA) is 72.7 Å². The molecule has 24 heavy (non-hydrogen) atoms. The molecule has 2 aromatic rings. The quantitative estimate of drug-likeness (QED) is 0.346. The van der Waals surface area contributed by atoms with Gasteiger partial charge >= 0.3 is 5.00 Å². The highest BCUT2D eigenvalue weighted by atomic mass is 32.2. The Kier molecular flexibility index (Phi) is 4.65. The van der Waals surface area contributed by atoms with Gasteiger partial charge in [-0.25, -0.2) is 0 Å². The van der Waals surface area contributed by atoms with E-state index in [-0.39, 0.29) is 10.9 Å². The van der Waals surface area contributed by atoms with Gasteiger partial charge in [0.1, 0.15) is 5.75 Å². The lowest BCUT2D eigenvalue weighted by Gasteiger charge is -2.14. The Labute approximate surface area is 150 Å². The van der Waals surface area contributed by atoms with Gasteiger partial charge in [0.15, 0.2) is 4.32 Å². The number of rotatable bonds is 4. The predicted molar refractivity (Wildman–Crippen MR) is 99.6 cm³/mol. The number of carbonyl (C=O) groups is 1. The van der Waals surface area contributed by atoms with Crippen LogP contribution in [0.25, 0.3) is 6.08 Å².